The molecule has 2 aromatic heterocycles. The van der Waals surface area contributed by atoms with E-state index in [4.69, 9.17) is 5.11 Å². The van der Waals surface area contributed by atoms with Crippen molar-refractivity contribution in [2.24, 2.45) is 0 Å². The average Bonchev–Trinajstić information content (AvgIpc) is 3.12. The molecule has 2 unspecified atom stereocenters. The lowest BCUT2D eigenvalue weighted by Crippen LogP contribution is -2.47. The van der Waals surface area contributed by atoms with Gasteiger partial charge in [-0.3, -0.25) is 14.3 Å². The highest BCUT2D eigenvalue weighted by Crippen LogP contribution is 2.30. The van der Waals surface area contributed by atoms with Gasteiger partial charge in [0.15, 0.2) is 23.0 Å². The van der Waals surface area contributed by atoms with E-state index in [1.54, 1.807) is 0 Å². The molecule has 1 aromatic carbocycles. The Morgan fingerprint density at radius 2 is 1.94 bits per heavy atom. The molecule has 2 saturated heterocycles. The molecule has 8 nitrogen and oxygen atoms in total. The van der Waals surface area contributed by atoms with Crippen LogP contribution in [0, 0.1) is 11.6 Å². The molecule has 3 aromatic rings. The van der Waals surface area contributed by atoms with Gasteiger partial charge in [0, 0.05) is 37.9 Å². The Hall–Kier alpha value is -3.53. The van der Waals surface area contributed by atoms with Crippen LogP contribution in [0.2, 0.25) is 0 Å². The van der Waals surface area contributed by atoms with E-state index in [2.05, 4.69) is 14.6 Å². The molecule has 2 atom stereocenters. The number of pyridine rings is 2. The zero-order valence-corrected chi connectivity index (χ0v) is 16.3. The molecule has 1 N–H and O–H groups in total. The van der Waals surface area contributed by atoms with Crippen molar-refractivity contribution in [1.29, 1.82) is 0 Å². The third-order valence-corrected chi connectivity index (χ3v) is 5.80. The summed E-state index contributed by atoms with van der Waals surface area (Å²) in [5.74, 6) is -1.48. The highest BCUT2D eigenvalue weighted by Gasteiger charge is 2.34. The van der Waals surface area contributed by atoms with Crippen LogP contribution in [0.5, 0.6) is 5.75 Å². The smallest absolute Gasteiger partial charge is 0.449 e. The van der Waals surface area contributed by atoms with E-state index in [-0.39, 0.29) is 22.9 Å². The van der Waals surface area contributed by atoms with E-state index < -0.39 is 29.0 Å². The van der Waals surface area contributed by atoms with Gasteiger partial charge < -0.3 is 14.7 Å². The number of hydrogen-bond acceptors (Lipinski definition) is 6. The first-order valence-corrected chi connectivity index (χ1v) is 9.82. The largest absolute Gasteiger partial charge is 0.511 e. The molecule has 2 aliphatic heterocycles. The highest BCUT2D eigenvalue weighted by molar-refractivity contribution is 5.81. The van der Waals surface area contributed by atoms with Crippen LogP contribution in [0.25, 0.3) is 16.7 Å². The van der Waals surface area contributed by atoms with Crippen molar-refractivity contribution in [2.75, 3.05) is 31.1 Å². The van der Waals surface area contributed by atoms with Crippen LogP contribution >= 0.6 is 0 Å². The molecule has 10 heteroatoms. The number of rotatable bonds is 3. The van der Waals surface area contributed by atoms with Crippen molar-refractivity contribution < 1.29 is 23.4 Å². The summed E-state index contributed by atoms with van der Waals surface area (Å²) in [4.78, 5) is 32.5. The Kier molecular flexibility index (Phi) is 4.58. The first-order chi connectivity index (χ1) is 14.9. The Balaban J connectivity index is 1.73. The fourth-order valence-electron chi connectivity index (χ4n) is 4.34. The first-order valence-electron chi connectivity index (χ1n) is 9.82. The van der Waals surface area contributed by atoms with Crippen molar-refractivity contribution in [3.05, 3.63) is 58.4 Å². The van der Waals surface area contributed by atoms with Crippen molar-refractivity contribution in [2.45, 2.75) is 12.5 Å². The molecule has 0 amide bonds. The molecule has 4 heterocycles. The summed E-state index contributed by atoms with van der Waals surface area (Å²) in [5, 5.41) is 8.84. The van der Waals surface area contributed by atoms with Gasteiger partial charge in [-0.15, -0.1) is 0 Å². The van der Waals surface area contributed by atoms with Gasteiger partial charge in [0.1, 0.15) is 5.82 Å². The van der Waals surface area contributed by atoms with E-state index >= 15 is 4.39 Å². The van der Waals surface area contributed by atoms with Gasteiger partial charge in [-0.05, 0) is 36.8 Å². The van der Waals surface area contributed by atoms with E-state index in [0.717, 1.165) is 32.1 Å². The van der Waals surface area contributed by atoms with E-state index in [1.165, 1.54) is 35.0 Å². The van der Waals surface area contributed by atoms with Gasteiger partial charge >= 0.3 is 6.16 Å². The third-order valence-electron chi connectivity index (χ3n) is 5.80. The summed E-state index contributed by atoms with van der Waals surface area (Å²) in [6.45, 7) is 3.19. The number of ether oxygens (including phenoxy) is 1. The van der Waals surface area contributed by atoms with E-state index in [1.807, 2.05) is 4.90 Å². The van der Waals surface area contributed by atoms with Crippen LogP contribution in [0.1, 0.15) is 6.42 Å². The lowest BCUT2D eigenvalue weighted by molar-refractivity contribution is 0.144. The van der Waals surface area contributed by atoms with Gasteiger partial charge in [0.05, 0.1) is 11.6 Å². The van der Waals surface area contributed by atoms with Crippen molar-refractivity contribution in [3.63, 3.8) is 0 Å². The number of nitrogens with zero attached hydrogens (tertiary/aromatic N) is 4. The predicted molar refractivity (Wildman–Crippen MR) is 108 cm³/mol. The Morgan fingerprint density at radius 1 is 1.16 bits per heavy atom. The Morgan fingerprint density at radius 3 is 2.68 bits per heavy atom. The lowest BCUT2D eigenvalue weighted by atomic mass is 10.1. The SMILES string of the molecule is O=C(O)Oc1cn(-c2ccc(F)cc2)c2nc(N3CCN4CCC3C4)c(F)cc2c1=O. The molecule has 0 saturated carbocycles. The highest BCUT2D eigenvalue weighted by atomic mass is 19.1. The van der Waals surface area contributed by atoms with Crippen LogP contribution in [0.4, 0.5) is 19.4 Å². The van der Waals surface area contributed by atoms with Gasteiger partial charge in [-0.2, -0.15) is 0 Å². The fourth-order valence-corrected chi connectivity index (χ4v) is 4.34. The molecule has 2 fully saturated rings. The quantitative estimate of drug-likeness (QED) is 0.642. The summed E-state index contributed by atoms with van der Waals surface area (Å²) in [7, 11) is 0. The predicted octanol–water partition coefficient (Wildman–Crippen LogP) is 2.62. The Bertz CT molecular complexity index is 1240. The molecule has 0 aliphatic carbocycles. The molecule has 2 bridgehead atoms. The number of aromatic nitrogens is 2. The second kappa shape index (κ2) is 7.31. The minimum Gasteiger partial charge on any atom is -0.449 e. The van der Waals surface area contributed by atoms with Gasteiger partial charge in [0.2, 0.25) is 5.43 Å². The fraction of sp³-hybridized carbons (Fsp3) is 0.286. The minimum absolute atomic E-state index is 0.130. The monoisotopic (exact) mass is 428 g/mol. The van der Waals surface area contributed by atoms with Crippen molar-refractivity contribution in [1.82, 2.24) is 14.5 Å². The standard InChI is InChI=1S/C21H18F2N4O4/c22-12-1-3-13(4-2-12)27-11-17(31-21(29)30)18(28)15-9-16(23)20(24-19(15)27)26-8-7-25-6-5-14(26)10-25/h1-4,9,11,14H,5-8,10H2,(H,29,30). The molecular formula is C21H18F2N4O4. The summed E-state index contributed by atoms with van der Waals surface area (Å²) < 4.78 is 34.6. The number of carboxylic acid groups (broad SMARTS) is 1. The van der Waals surface area contributed by atoms with E-state index in [9.17, 15) is 14.0 Å². The number of piperazine rings is 1. The maximum Gasteiger partial charge on any atom is 0.511 e. The van der Waals surface area contributed by atoms with Gasteiger partial charge in [-0.25, -0.2) is 18.6 Å². The van der Waals surface area contributed by atoms with Gasteiger partial charge in [-0.1, -0.05) is 0 Å². The lowest BCUT2D eigenvalue weighted by Gasteiger charge is -2.35. The topological polar surface area (TPSA) is 87.9 Å². The van der Waals surface area contributed by atoms with Crippen LogP contribution in [-0.4, -0.2) is 57.9 Å². The molecule has 0 spiro atoms. The summed E-state index contributed by atoms with van der Waals surface area (Å²) in [5.41, 5.74) is -0.247. The molecule has 31 heavy (non-hydrogen) atoms. The summed E-state index contributed by atoms with van der Waals surface area (Å²) in [6, 6.07) is 6.54. The van der Waals surface area contributed by atoms with Crippen LogP contribution in [0.3, 0.4) is 0 Å². The normalized spacial score (nSPS) is 20.3. The minimum atomic E-state index is -1.67. The third kappa shape index (κ3) is 3.38. The van der Waals surface area contributed by atoms with Crippen LogP contribution < -0.4 is 15.1 Å². The number of halogens is 2. The number of hydrogen-bond donors (Lipinski definition) is 1. The number of benzene rings is 1. The average molecular weight is 428 g/mol. The molecular weight excluding hydrogens is 410 g/mol. The maximum absolute atomic E-state index is 15.1. The second-order valence-electron chi connectivity index (χ2n) is 7.64. The molecule has 160 valence electrons. The molecule has 2 aliphatic rings. The Labute approximate surface area is 174 Å². The number of fused-ring (bicyclic) bond motifs is 3. The van der Waals surface area contributed by atoms with Crippen LogP contribution in [-0.2, 0) is 0 Å². The molecule has 0 radical (unpaired) electrons. The summed E-state index contributed by atoms with van der Waals surface area (Å²) in [6.07, 6.45) is 0.398. The van der Waals surface area contributed by atoms with Gasteiger partial charge in [0.25, 0.3) is 0 Å². The second-order valence-corrected chi connectivity index (χ2v) is 7.64. The zero-order valence-electron chi connectivity index (χ0n) is 16.3. The number of carbonyl (C=O) groups is 1. The van der Waals surface area contributed by atoms with Crippen molar-refractivity contribution in [3.8, 4) is 11.4 Å². The number of anilines is 1. The first kappa shape index (κ1) is 19.4. The maximum atomic E-state index is 15.1. The zero-order chi connectivity index (χ0) is 21.7. The van der Waals surface area contributed by atoms with E-state index in [0.29, 0.717) is 12.2 Å². The molecule has 5 rings (SSSR count). The van der Waals surface area contributed by atoms with Crippen LogP contribution in [0.15, 0.2) is 41.3 Å². The summed E-state index contributed by atoms with van der Waals surface area (Å²) >= 11 is 0. The van der Waals surface area contributed by atoms with Crippen molar-refractivity contribution >= 4 is 23.0 Å².